The lowest BCUT2D eigenvalue weighted by Crippen LogP contribution is -2.20. The lowest BCUT2D eigenvalue weighted by atomic mass is 10.2. The predicted molar refractivity (Wildman–Crippen MR) is 51.1 cm³/mol. The molecule has 12 heavy (non-hydrogen) atoms. The molecule has 0 radical (unpaired) electrons. The largest absolute Gasteiger partial charge is 0.305 e. The van der Waals surface area contributed by atoms with Gasteiger partial charge in [-0.25, -0.2) is 0 Å². The van der Waals surface area contributed by atoms with Crippen LogP contribution in [0.15, 0.2) is 18.9 Å². The maximum Gasteiger partial charge on any atom is 0.0951 e. The van der Waals surface area contributed by atoms with E-state index in [2.05, 4.69) is 27.6 Å². The molecule has 3 nitrogen and oxygen atoms in total. The third kappa shape index (κ3) is 2.39. The van der Waals surface area contributed by atoms with Crippen LogP contribution in [0.2, 0.25) is 0 Å². The molecule has 0 fully saturated rings. The second-order valence-electron chi connectivity index (χ2n) is 2.50. The number of hydrogen-bond donors (Lipinski definition) is 1. The van der Waals surface area contributed by atoms with Crippen LogP contribution in [0.25, 0.3) is 0 Å². The van der Waals surface area contributed by atoms with Crippen molar-refractivity contribution in [2.75, 3.05) is 6.54 Å². The minimum atomic E-state index is 0.156. The van der Waals surface area contributed by atoms with Crippen molar-refractivity contribution >= 4 is 11.7 Å². The predicted octanol–water partition coefficient (Wildman–Crippen LogP) is 1.76. The Morgan fingerprint density at radius 3 is 3.17 bits per heavy atom. The molecule has 1 aromatic heterocycles. The van der Waals surface area contributed by atoms with Crippen LogP contribution in [0.5, 0.6) is 0 Å². The lowest BCUT2D eigenvalue weighted by molar-refractivity contribution is 0.605. The SMILES string of the molecule is C=CC(NCCC)c1cnsn1. The molecule has 0 bridgehead atoms. The monoisotopic (exact) mass is 183 g/mol. The smallest absolute Gasteiger partial charge is 0.0951 e. The average Bonchev–Trinajstić information content (AvgIpc) is 2.59. The van der Waals surface area contributed by atoms with E-state index in [9.17, 15) is 0 Å². The van der Waals surface area contributed by atoms with Gasteiger partial charge in [0.2, 0.25) is 0 Å². The van der Waals surface area contributed by atoms with Crippen molar-refractivity contribution in [1.29, 1.82) is 0 Å². The summed E-state index contributed by atoms with van der Waals surface area (Å²) in [6.45, 7) is 6.86. The first-order valence-corrected chi connectivity index (χ1v) is 4.75. The molecule has 1 atom stereocenters. The van der Waals surface area contributed by atoms with Crippen molar-refractivity contribution in [3.63, 3.8) is 0 Å². The quantitative estimate of drug-likeness (QED) is 0.707. The minimum absolute atomic E-state index is 0.156. The Balaban J connectivity index is 2.51. The summed E-state index contributed by atoms with van der Waals surface area (Å²) < 4.78 is 8.08. The van der Waals surface area contributed by atoms with E-state index >= 15 is 0 Å². The Morgan fingerprint density at radius 2 is 2.67 bits per heavy atom. The van der Waals surface area contributed by atoms with Crippen LogP contribution in [0.1, 0.15) is 25.1 Å². The van der Waals surface area contributed by atoms with Crippen LogP contribution in [-0.2, 0) is 0 Å². The van der Waals surface area contributed by atoms with Gasteiger partial charge in [-0.05, 0) is 13.0 Å². The normalized spacial score (nSPS) is 12.8. The first-order valence-electron chi connectivity index (χ1n) is 4.02. The number of nitrogens with one attached hydrogen (secondary N) is 1. The molecule has 1 unspecified atom stereocenters. The van der Waals surface area contributed by atoms with Crippen molar-refractivity contribution in [3.05, 3.63) is 24.5 Å². The summed E-state index contributed by atoms with van der Waals surface area (Å²) >= 11 is 1.23. The summed E-state index contributed by atoms with van der Waals surface area (Å²) in [6, 6.07) is 0.156. The third-order valence-electron chi connectivity index (χ3n) is 1.55. The zero-order valence-corrected chi connectivity index (χ0v) is 7.97. The molecule has 1 heterocycles. The summed E-state index contributed by atoms with van der Waals surface area (Å²) in [5.74, 6) is 0. The zero-order chi connectivity index (χ0) is 8.81. The van der Waals surface area contributed by atoms with Gasteiger partial charge in [0.05, 0.1) is 29.7 Å². The van der Waals surface area contributed by atoms with Gasteiger partial charge in [0.25, 0.3) is 0 Å². The minimum Gasteiger partial charge on any atom is -0.305 e. The zero-order valence-electron chi connectivity index (χ0n) is 7.16. The molecule has 1 N–H and O–H groups in total. The van der Waals surface area contributed by atoms with E-state index in [4.69, 9.17) is 0 Å². The second-order valence-corrected chi connectivity index (χ2v) is 3.06. The molecule has 0 spiro atoms. The van der Waals surface area contributed by atoms with Gasteiger partial charge in [0, 0.05) is 0 Å². The van der Waals surface area contributed by atoms with Gasteiger partial charge in [-0.1, -0.05) is 13.0 Å². The van der Waals surface area contributed by atoms with Gasteiger partial charge in [-0.3, -0.25) is 0 Å². The van der Waals surface area contributed by atoms with E-state index < -0.39 is 0 Å². The van der Waals surface area contributed by atoms with Gasteiger partial charge in [-0.15, -0.1) is 6.58 Å². The molecule has 1 rings (SSSR count). The maximum absolute atomic E-state index is 4.14. The van der Waals surface area contributed by atoms with E-state index in [1.165, 1.54) is 11.7 Å². The van der Waals surface area contributed by atoms with E-state index in [1.807, 2.05) is 6.08 Å². The molecular weight excluding hydrogens is 170 g/mol. The Kier molecular flexibility index (Phi) is 3.90. The lowest BCUT2D eigenvalue weighted by Gasteiger charge is -2.09. The number of rotatable bonds is 5. The molecular formula is C8H13N3S. The first-order chi connectivity index (χ1) is 5.88. The van der Waals surface area contributed by atoms with Crippen LogP contribution < -0.4 is 5.32 Å². The van der Waals surface area contributed by atoms with Gasteiger partial charge in [0.1, 0.15) is 0 Å². The topological polar surface area (TPSA) is 37.8 Å². The second kappa shape index (κ2) is 5.00. The summed E-state index contributed by atoms with van der Waals surface area (Å²) in [6.07, 6.45) is 4.74. The number of hydrogen-bond acceptors (Lipinski definition) is 4. The van der Waals surface area contributed by atoms with E-state index in [1.54, 1.807) is 6.20 Å². The van der Waals surface area contributed by atoms with Crippen molar-refractivity contribution in [1.82, 2.24) is 14.1 Å². The fourth-order valence-corrected chi connectivity index (χ4v) is 1.37. The molecule has 0 aliphatic heterocycles. The summed E-state index contributed by atoms with van der Waals surface area (Å²) in [7, 11) is 0. The standard InChI is InChI=1S/C8H13N3S/c1-3-5-9-7(4-2)8-6-10-12-11-8/h4,6-7,9H,2-3,5H2,1H3. The fraction of sp³-hybridized carbons (Fsp3) is 0.500. The molecule has 0 aromatic carbocycles. The average molecular weight is 183 g/mol. The highest BCUT2D eigenvalue weighted by Gasteiger charge is 2.07. The summed E-state index contributed by atoms with van der Waals surface area (Å²) in [5, 5.41) is 3.31. The van der Waals surface area contributed by atoms with Gasteiger partial charge in [-0.2, -0.15) is 8.75 Å². The van der Waals surface area contributed by atoms with Gasteiger partial charge in [0.15, 0.2) is 0 Å². The van der Waals surface area contributed by atoms with Crippen molar-refractivity contribution in [3.8, 4) is 0 Å². The maximum atomic E-state index is 4.14. The molecule has 0 saturated heterocycles. The highest BCUT2D eigenvalue weighted by atomic mass is 32.1. The Morgan fingerprint density at radius 1 is 1.83 bits per heavy atom. The van der Waals surface area contributed by atoms with Crippen molar-refractivity contribution in [2.45, 2.75) is 19.4 Å². The van der Waals surface area contributed by atoms with Crippen LogP contribution in [0.3, 0.4) is 0 Å². The van der Waals surface area contributed by atoms with E-state index in [0.29, 0.717) is 0 Å². The van der Waals surface area contributed by atoms with Crippen LogP contribution >= 0.6 is 11.7 Å². The summed E-state index contributed by atoms with van der Waals surface area (Å²) in [4.78, 5) is 0. The van der Waals surface area contributed by atoms with Gasteiger partial charge >= 0.3 is 0 Å². The molecule has 0 aliphatic carbocycles. The van der Waals surface area contributed by atoms with Crippen molar-refractivity contribution < 1.29 is 0 Å². The highest BCUT2D eigenvalue weighted by molar-refractivity contribution is 6.99. The molecule has 0 saturated carbocycles. The Bertz CT molecular complexity index is 220. The Labute approximate surface area is 76.8 Å². The third-order valence-corrected chi connectivity index (χ3v) is 2.04. The van der Waals surface area contributed by atoms with E-state index in [0.717, 1.165) is 18.7 Å². The van der Waals surface area contributed by atoms with Crippen molar-refractivity contribution in [2.24, 2.45) is 0 Å². The summed E-state index contributed by atoms with van der Waals surface area (Å²) in [5.41, 5.74) is 0.962. The molecule has 1 aromatic rings. The van der Waals surface area contributed by atoms with Crippen LogP contribution in [0.4, 0.5) is 0 Å². The molecule has 4 heteroatoms. The highest BCUT2D eigenvalue weighted by Crippen LogP contribution is 2.10. The molecule has 66 valence electrons. The number of nitrogens with zero attached hydrogens (tertiary/aromatic N) is 2. The first kappa shape index (κ1) is 9.35. The Hall–Kier alpha value is -0.740. The van der Waals surface area contributed by atoms with Crippen LogP contribution in [-0.4, -0.2) is 15.3 Å². The fourth-order valence-electron chi connectivity index (χ4n) is 0.917. The number of aromatic nitrogens is 2. The van der Waals surface area contributed by atoms with Gasteiger partial charge < -0.3 is 5.32 Å². The van der Waals surface area contributed by atoms with Crippen LogP contribution in [0, 0.1) is 0 Å². The van der Waals surface area contributed by atoms with E-state index in [-0.39, 0.29) is 6.04 Å². The molecule has 0 aliphatic rings. The molecule has 0 amide bonds.